The van der Waals surface area contributed by atoms with Crippen LogP contribution in [0.1, 0.15) is 42.4 Å². The van der Waals surface area contributed by atoms with Gasteiger partial charge in [-0.15, -0.1) is 0 Å². The van der Waals surface area contributed by atoms with E-state index in [9.17, 15) is 14.9 Å². The summed E-state index contributed by atoms with van der Waals surface area (Å²) in [4.78, 5) is 24.3. The molecular formula is C26H26N2O2. The summed E-state index contributed by atoms with van der Waals surface area (Å²) in [5.41, 5.74) is 5.52. The van der Waals surface area contributed by atoms with E-state index in [0.29, 0.717) is 25.2 Å². The molecule has 1 N–H and O–H groups in total. The minimum Gasteiger partial charge on any atom is -0.340 e. The van der Waals surface area contributed by atoms with Crippen molar-refractivity contribution in [2.75, 3.05) is 0 Å². The third-order valence-corrected chi connectivity index (χ3v) is 7.26. The second-order valence-corrected chi connectivity index (χ2v) is 9.25. The Morgan fingerprint density at radius 1 is 1.03 bits per heavy atom. The van der Waals surface area contributed by atoms with Gasteiger partial charge in [-0.3, -0.25) is 9.59 Å². The van der Waals surface area contributed by atoms with Gasteiger partial charge < -0.3 is 5.32 Å². The molecule has 4 heteroatoms. The highest BCUT2D eigenvalue weighted by molar-refractivity contribution is 5.88. The summed E-state index contributed by atoms with van der Waals surface area (Å²) in [6, 6.07) is 16.2. The van der Waals surface area contributed by atoms with Crippen LogP contribution in [0.3, 0.4) is 0 Å². The van der Waals surface area contributed by atoms with E-state index in [-0.39, 0.29) is 17.6 Å². The minimum absolute atomic E-state index is 0.0676. The monoisotopic (exact) mass is 398 g/mol. The van der Waals surface area contributed by atoms with Crippen molar-refractivity contribution in [2.24, 2.45) is 17.8 Å². The Balaban J connectivity index is 1.23. The average molecular weight is 399 g/mol. The van der Waals surface area contributed by atoms with E-state index in [1.54, 1.807) is 0 Å². The van der Waals surface area contributed by atoms with E-state index < -0.39 is 6.04 Å². The van der Waals surface area contributed by atoms with Crippen LogP contribution < -0.4 is 5.32 Å². The Morgan fingerprint density at radius 3 is 2.50 bits per heavy atom. The van der Waals surface area contributed by atoms with Crippen LogP contribution in [0.25, 0.3) is 11.1 Å². The maximum Gasteiger partial charge on any atom is 0.224 e. The maximum atomic E-state index is 12.7. The quantitative estimate of drug-likeness (QED) is 0.827. The van der Waals surface area contributed by atoms with E-state index in [4.69, 9.17) is 0 Å². The second kappa shape index (κ2) is 7.72. The number of nitrogens with one attached hydrogen (secondary N) is 1. The predicted octanol–water partition coefficient (Wildman–Crippen LogP) is 4.01. The molecule has 3 aliphatic rings. The topological polar surface area (TPSA) is 70.0 Å². The molecule has 1 amide bonds. The molecule has 5 rings (SSSR count). The normalized spacial score (nSPS) is 25.0. The number of hydrogen-bond donors (Lipinski definition) is 1. The first kappa shape index (κ1) is 19.1. The van der Waals surface area contributed by atoms with Gasteiger partial charge in [-0.05, 0) is 58.9 Å². The van der Waals surface area contributed by atoms with Crippen molar-refractivity contribution in [1.29, 1.82) is 5.26 Å². The Labute approximate surface area is 177 Å². The number of rotatable bonds is 5. The van der Waals surface area contributed by atoms with Gasteiger partial charge in [-0.2, -0.15) is 5.26 Å². The summed E-state index contributed by atoms with van der Waals surface area (Å²) < 4.78 is 0. The Morgan fingerprint density at radius 2 is 1.80 bits per heavy atom. The fourth-order valence-electron chi connectivity index (χ4n) is 5.67. The first-order chi connectivity index (χ1) is 14.6. The minimum atomic E-state index is -0.492. The lowest BCUT2D eigenvalue weighted by Crippen LogP contribution is -2.40. The number of amides is 1. The number of nitriles is 1. The van der Waals surface area contributed by atoms with Crippen LogP contribution in [0.15, 0.2) is 42.5 Å². The highest BCUT2D eigenvalue weighted by Gasteiger charge is 2.43. The van der Waals surface area contributed by atoms with Gasteiger partial charge in [0, 0.05) is 25.2 Å². The molecule has 4 nitrogen and oxygen atoms in total. The molecule has 2 bridgehead atoms. The fourth-order valence-corrected chi connectivity index (χ4v) is 5.67. The molecule has 0 aromatic heterocycles. The van der Waals surface area contributed by atoms with Crippen LogP contribution in [0, 0.1) is 29.1 Å². The number of nitrogens with zero attached hydrogens (tertiary/aromatic N) is 1. The Bertz CT molecular complexity index is 1030. The average Bonchev–Trinajstić information content (AvgIpc) is 3.48. The van der Waals surface area contributed by atoms with Gasteiger partial charge in [-0.25, -0.2) is 0 Å². The summed E-state index contributed by atoms with van der Waals surface area (Å²) in [6.07, 6.45) is 6.22. The lowest BCUT2D eigenvalue weighted by Gasteiger charge is -2.22. The van der Waals surface area contributed by atoms with Crippen molar-refractivity contribution in [3.63, 3.8) is 0 Å². The third kappa shape index (κ3) is 3.65. The van der Waals surface area contributed by atoms with E-state index >= 15 is 0 Å². The second-order valence-electron chi connectivity index (χ2n) is 9.25. The van der Waals surface area contributed by atoms with Crippen molar-refractivity contribution in [3.05, 3.63) is 59.2 Å². The largest absolute Gasteiger partial charge is 0.340 e. The molecule has 0 saturated heterocycles. The molecule has 2 saturated carbocycles. The van der Waals surface area contributed by atoms with Crippen LogP contribution in [-0.4, -0.2) is 17.7 Å². The Kier molecular flexibility index (Phi) is 4.90. The van der Waals surface area contributed by atoms with Crippen molar-refractivity contribution < 1.29 is 9.59 Å². The summed E-state index contributed by atoms with van der Waals surface area (Å²) in [5, 5.41) is 12.6. The number of carbonyl (C=O) groups excluding carboxylic acids is 2. The molecule has 4 atom stereocenters. The molecule has 30 heavy (non-hydrogen) atoms. The predicted molar refractivity (Wildman–Crippen MR) is 114 cm³/mol. The molecule has 3 aliphatic carbocycles. The Hall–Kier alpha value is -2.93. The van der Waals surface area contributed by atoms with Crippen LogP contribution in [0.5, 0.6) is 0 Å². The van der Waals surface area contributed by atoms with Crippen LogP contribution >= 0.6 is 0 Å². The summed E-state index contributed by atoms with van der Waals surface area (Å²) in [6.45, 7) is 0. The lowest BCUT2D eigenvalue weighted by atomic mass is 9.88. The molecule has 0 spiro atoms. The molecule has 152 valence electrons. The van der Waals surface area contributed by atoms with Gasteiger partial charge in [0.05, 0.1) is 6.07 Å². The van der Waals surface area contributed by atoms with Gasteiger partial charge in [0.2, 0.25) is 5.91 Å². The number of Topliss-reactive ketones (excluding diaryl/α,β-unsaturated/α-hetero) is 1. The van der Waals surface area contributed by atoms with E-state index in [0.717, 1.165) is 46.6 Å². The number of ketones is 1. The number of hydrogen-bond acceptors (Lipinski definition) is 3. The van der Waals surface area contributed by atoms with Crippen LogP contribution in [0.4, 0.5) is 0 Å². The molecule has 0 aliphatic heterocycles. The summed E-state index contributed by atoms with van der Waals surface area (Å²) >= 11 is 0. The molecule has 0 unspecified atom stereocenters. The van der Waals surface area contributed by atoms with Crippen molar-refractivity contribution in [3.8, 4) is 17.2 Å². The zero-order valence-electron chi connectivity index (χ0n) is 17.1. The molecule has 2 aromatic rings. The molecule has 0 radical (unpaired) electrons. The number of carbonyl (C=O) groups is 2. The van der Waals surface area contributed by atoms with Crippen LogP contribution in [0.2, 0.25) is 0 Å². The van der Waals surface area contributed by atoms with Crippen molar-refractivity contribution in [2.45, 2.75) is 51.0 Å². The summed E-state index contributed by atoms with van der Waals surface area (Å²) in [7, 11) is 0. The molecular weight excluding hydrogens is 372 g/mol. The molecule has 0 heterocycles. The van der Waals surface area contributed by atoms with E-state index in [2.05, 4.69) is 41.7 Å². The maximum absolute atomic E-state index is 12.7. The lowest BCUT2D eigenvalue weighted by molar-refractivity contribution is -0.127. The van der Waals surface area contributed by atoms with Gasteiger partial charge >= 0.3 is 0 Å². The smallest absolute Gasteiger partial charge is 0.224 e. The summed E-state index contributed by atoms with van der Waals surface area (Å²) in [5.74, 6) is 1.70. The van der Waals surface area contributed by atoms with Gasteiger partial charge in [0.15, 0.2) is 0 Å². The first-order valence-electron chi connectivity index (χ1n) is 11.0. The van der Waals surface area contributed by atoms with Crippen molar-refractivity contribution in [1.82, 2.24) is 5.32 Å². The highest BCUT2D eigenvalue weighted by atomic mass is 16.2. The number of fused-ring (bicyclic) bond motifs is 3. The zero-order valence-corrected chi connectivity index (χ0v) is 17.1. The SMILES string of the molecule is N#C[C@H](Cc1ccc(-c2ccc3c(c2)CC(=O)C3)cc1)NC(=O)[C@H]1C[C@@H]2CC[C@H]1C2. The molecule has 2 aromatic carbocycles. The van der Waals surface area contributed by atoms with E-state index in [1.807, 2.05) is 12.1 Å². The zero-order chi connectivity index (χ0) is 20.7. The van der Waals surface area contributed by atoms with E-state index in [1.165, 1.54) is 12.8 Å². The van der Waals surface area contributed by atoms with Gasteiger partial charge in [-0.1, -0.05) is 48.9 Å². The highest BCUT2D eigenvalue weighted by Crippen LogP contribution is 2.48. The third-order valence-electron chi connectivity index (χ3n) is 7.26. The van der Waals surface area contributed by atoms with Crippen molar-refractivity contribution >= 4 is 11.7 Å². The first-order valence-corrected chi connectivity index (χ1v) is 11.0. The van der Waals surface area contributed by atoms with Gasteiger partial charge in [0.25, 0.3) is 0 Å². The van der Waals surface area contributed by atoms with Crippen LogP contribution in [-0.2, 0) is 28.9 Å². The van der Waals surface area contributed by atoms with Gasteiger partial charge in [0.1, 0.15) is 11.8 Å². The standard InChI is InChI=1S/C26H26N2O2/c27-15-23(28-26(30)25-11-17-3-6-21(25)9-17)10-16-1-4-18(5-2-16)19-7-8-20-13-24(29)14-22(20)12-19/h1-2,4-5,7-8,12,17,21,23,25H,3,6,9-11,13-14H2,(H,28,30)/t17-,21+,23+,25+/m1/s1. The fraction of sp³-hybridized carbons (Fsp3) is 0.423. The number of benzene rings is 2. The molecule has 2 fully saturated rings.